The molecule has 8 heteroatoms. The fourth-order valence-electron chi connectivity index (χ4n) is 1.93. The minimum absolute atomic E-state index is 0.0144. The predicted molar refractivity (Wildman–Crippen MR) is 82.4 cm³/mol. The molecule has 1 fully saturated rings. The molecule has 2 rings (SSSR count). The van der Waals surface area contributed by atoms with Crippen LogP contribution in [0.4, 0.5) is 0 Å². The van der Waals surface area contributed by atoms with Crippen LogP contribution in [0.5, 0.6) is 0 Å². The van der Waals surface area contributed by atoms with Crippen molar-refractivity contribution < 1.29 is 18.3 Å². The molecule has 0 saturated heterocycles. The minimum atomic E-state index is -3.66. The molecule has 0 unspecified atom stereocenters. The van der Waals surface area contributed by atoms with Crippen LogP contribution in [0.15, 0.2) is 29.8 Å². The molecule has 0 aromatic carbocycles. The number of nitrogens with zero attached hydrogens (tertiary/aromatic N) is 1. The fraction of sp³-hybridized carbons (Fsp3) is 0.462. The zero-order chi connectivity index (χ0) is 15.5. The van der Waals surface area contributed by atoms with Gasteiger partial charge in [-0.1, -0.05) is 6.08 Å². The van der Waals surface area contributed by atoms with E-state index in [1.165, 1.54) is 12.3 Å². The fourth-order valence-corrected chi connectivity index (χ4v) is 3.69. The monoisotopic (exact) mass is 330 g/mol. The highest BCUT2D eigenvalue weighted by atomic mass is 32.2. The van der Waals surface area contributed by atoms with E-state index in [0.29, 0.717) is 12.3 Å². The van der Waals surface area contributed by atoms with Crippen LogP contribution in [-0.2, 0) is 10.0 Å². The number of carboxylic acid groups (broad SMARTS) is 1. The lowest BCUT2D eigenvalue weighted by Crippen LogP contribution is -2.25. The summed E-state index contributed by atoms with van der Waals surface area (Å²) < 4.78 is 28.3. The first-order chi connectivity index (χ1) is 9.95. The van der Waals surface area contributed by atoms with E-state index in [9.17, 15) is 13.2 Å². The summed E-state index contributed by atoms with van der Waals surface area (Å²) >= 11 is 1.57. The third-order valence-corrected chi connectivity index (χ3v) is 5.46. The molecule has 6 nitrogen and oxygen atoms in total. The lowest BCUT2D eigenvalue weighted by atomic mass is 10.4. The van der Waals surface area contributed by atoms with Gasteiger partial charge in [-0.2, -0.15) is 11.8 Å². The van der Waals surface area contributed by atoms with Gasteiger partial charge in [0.2, 0.25) is 10.0 Å². The summed E-state index contributed by atoms with van der Waals surface area (Å²) in [6, 6.07) is 1.34. The molecule has 1 aromatic rings. The van der Waals surface area contributed by atoms with Gasteiger partial charge in [0.05, 0.1) is 0 Å². The number of carbonyl (C=O) groups is 1. The molecule has 0 radical (unpaired) electrons. The maximum atomic E-state index is 12.1. The third kappa shape index (κ3) is 4.12. The SMILES string of the molecule is C=CCSCCNS(=O)(=O)c1cc(C(=O)O)n(C2CC2)c1. The Labute approximate surface area is 128 Å². The van der Waals surface area contributed by atoms with Crippen molar-refractivity contribution in [3.63, 3.8) is 0 Å². The summed E-state index contributed by atoms with van der Waals surface area (Å²) in [7, 11) is -3.66. The van der Waals surface area contributed by atoms with Crippen LogP contribution >= 0.6 is 11.8 Å². The average molecular weight is 330 g/mol. The Morgan fingerprint density at radius 3 is 2.86 bits per heavy atom. The van der Waals surface area contributed by atoms with Crippen LogP contribution in [0.3, 0.4) is 0 Å². The summed E-state index contributed by atoms with van der Waals surface area (Å²) in [6.45, 7) is 3.89. The van der Waals surface area contributed by atoms with E-state index in [0.717, 1.165) is 18.6 Å². The first kappa shape index (κ1) is 16.1. The van der Waals surface area contributed by atoms with E-state index >= 15 is 0 Å². The molecule has 0 aliphatic heterocycles. The summed E-state index contributed by atoms with van der Waals surface area (Å²) in [6.07, 6.45) is 4.95. The van der Waals surface area contributed by atoms with Crippen molar-refractivity contribution in [1.82, 2.24) is 9.29 Å². The highest BCUT2D eigenvalue weighted by Crippen LogP contribution is 2.37. The molecule has 116 valence electrons. The Kier molecular flexibility index (Phi) is 5.13. The second-order valence-corrected chi connectivity index (χ2v) is 7.68. The summed E-state index contributed by atoms with van der Waals surface area (Å²) in [5.41, 5.74) is 0.0268. The summed E-state index contributed by atoms with van der Waals surface area (Å²) in [5.74, 6) is 0.299. The van der Waals surface area contributed by atoms with Gasteiger partial charge in [-0.15, -0.1) is 6.58 Å². The first-order valence-electron chi connectivity index (χ1n) is 6.59. The van der Waals surface area contributed by atoms with E-state index in [1.807, 2.05) is 0 Å². The van der Waals surface area contributed by atoms with Crippen molar-refractivity contribution in [2.75, 3.05) is 18.1 Å². The van der Waals surface area contributed by atoms with Crippen LogP contribution < -0.4 is 4.72 Å². The highest BCUT2D eigenvalue weighted by Gasteiger charge is 2.30. The van der Waals surface area contributed by atoms with Crippen molar-refractivity contribution in [3.05, 3.63) is 30.6 Å². The quantitative estimate of drug-likeness (QED) is 0.532. The Morgan fingerprint density at radius 1 is 1.57 bits per heavy atom. The number of rotatable bonds is 9. The van der Waals surface area contributed by atoms with Crippen LogP contribution in [0.2, 0.25) is 0 Å². The van der Waals surface area contributed by atoms with E-state index < -0.39 is 16.0 Å². The van der Waals surface area contributed by atoms with E-state index in [-0.39, 0.29) is 16.6 Å². The second-order valence-electron chi connectivity index (χ2n) is 4.77. The van der Waals surface area contributed by atoms with Gasteiger partial charge < -0.3 is 9.67 Å². The predicted octanol–water partition coefficient (Wildman–Crippen LogP) is 1.72. The molecule has 1 aliphatic carbocycles. The largest absolute Gasteiger partial charge is 0.477 e. The van der Waals surface area contributed by atoms with E-state index in [2.05, 4.69) is 11.3 Å². The molecule has 1 saturated carbocycles. The van der Waals surface area contributed by atoms with Crippen molar-refractivity contribution in [2.24, 2.45) is 0 Å². The van der Waals surface area contributed by atoms with Gasteiger partial charge in [0.25, 0.3) is 0 Å². The lowest BCUT2D eigenvalue weighted by molar-refractivity contribution is 0.0685. The molecule has 21 heavy (non-hydrogen) atoms. The van der Waals surface area contributed by atoms with Gasteiger partial charge in [-0.05, 0) is 18.9 Å². The maximum absolute atomic E-state index is 12.1. The topological polar surface area (TPSA) is 88.4 Å². The Hall–Kier alpha value is -1.25. The van der Waals surface area contributed by atoms with Crippen molar-refractivity contribution in [3.8, 4) is 0 Å². The smallest absolute Gasteiger partial charge is 0.352 e. The third-order valence-electron chi connectivity index (χ3n) is 3.07. The van der Waals surface area contributed by atoms with Gasteiger partial charge in [0.15, 0.2) is 0 Å². The highest BCUT2D eigenvalue weighted by molar-refractivity contribution is 7.99. The van der Waals surface area contributed by atoms with E-state index in [4.69, 9.17) is 5.11 Å². The van der Waals surface area contributed by atoms with Crippen LogP contribution in [-0.4, -0.2) is 42.1 Å². The summed E-state index contributed by atoms with van der Waals surface area (Å²) in [4.78, 5) is 11.2. The number of aromatic carboxylic acids is 1. The van der Waals surface area contributed by atoms with Gasteiger partial charge in [0, 0.05) is 30.3 Å². The molecular weight excluding hydrogens is 312 g/mol. The Bertz CT molecular complexity index is 633. The lowest BCUT2D eigenvalue weighted by Gasteiger charge is -2.04. The Morgan fingerprint density at radius 2 is 2.29 bits per heavy atom. The first-order valence-corrected chi connectivity index (χ1v) is 9.23. The zero-order valence-corrected chi connectivity index (χ0v) is 13.1. The second kappa shape index (κ2) is 6.67. The maximum Gasteiger partial charge on any atom is 0.352 e. The average Bonchev–Trinajstić information content (AvgIpc) is 3.16. The van der Waals surface area contributed by atoms with Crippen molar-refractivity contribution >= 4 is 27.8 Å². The number of aromatic nitrogens is 1. The van der Waals surface area contributed by atoms with Crippen LogP contribution in [0.25, 0.3) is 0 Å². The molecule has 1 aromatic heterocycles. The minimum Gasteiger partial charge on any atom is -0.477 e. The molecule has 0 bridgehead atoms. The van der Waals surface area contributed by atoms with Crippen LogP contribution in [0, 0.1) is 0 Å². The van der Waals surface area contributed by atoms with Gasteiger partial charge in [-0.25, -0.2) is 17.9 Å². The number of thioether (sulfide) groups is 1. The molecule has 1 heterocycles. The molecular formula is C13H18N2O4S2. The summed E-state index contributed by atoms with van der Waals surface area (Å²) in [5, 5.41) is 9.15. The molecule has 1 aliphatic rings. The van der Waals surface area contributed by atoms with Gasteiger partial charge in [0.1, 0.15) is 10.6 Å². The van der Waals surface area contributed by atoms with E-state index in [1.54, 1.807) is 22.4 Å². The van der Waals surface area contributed by atoms with Gasteiger partial charge in [-0.3, -0.25) is 0 Å². The standard InChI is InChI=1S/C13H18N2O4S2/c1-2-6-20-7-5-14-21(18,19)11-8-12(13(16)17)15(9-11)10-3-4-10/h2,8-10,14H,1,3-7H2,(H,16,17). The molecule has 0 amide bonds. The number of sulfonamides is 1. The number of carboxylic acids is 1. The van der Waals surface area contributed by atoms with Crippen molar-refractivity contribution in [2.45, 2.75) is 23.8 Å². The number of nitrogens with one attached hydrogen (secondary N) is 1. The Balaban J connectivity index is 2.07. The molecule has 2 N–H and O–H groups in total. The zero-order valence-electron chi connectivity index (χ0n) is 11.5. The normalized spacial score (nSPS) is 15.0. The van der Waals surface area contributed by atoms with Crippen molar-refractivity contribution in [1.29, 1.82) is 0 Å². The molecule has 0 atom stereocenters. The van der Waals surface area contributed by atoms with Gasteiger partial charge >= 0.3 is 5.97 Å². The van der Waals surface area contributed by atoms with Crippen LogP contribution in [0.1, 0.15) is 29.4 Å². The number of hydrogen-bond donors (Lipinski definition) is 2. The molecule has 0 spiro atoms. The number of hydrogen-bond acceptors (Lipinski definition) is 4.